The van der Waals surface area contributed by atoms with Gasteiger partial charge in [-0.1, -0.05) is 17.3 Å². The van der Waals surface area contributed by atoms with Crippen LogP contribution in [0, 0.1) is 0 Å². The molecular weight excluding hydrogens is 218 g/mol. The van der Waals surface area contributed by atoms with Gasteiger partial charge >= 0.3 is 0 Å². The second kappa shape index (κ2) is 4.25. The number of carbonyl (C=O) groups is 1. The highest BCUT2D eigenvalue weighted by molar-refractivity contribution is 5.96. The summed E-state index contributed by atoms with van der Waals surface area (Å²) in [5.74, 6) is 0.0845. The topological polar surface area (TPSA) is 99.8 Å². The molecular formula is C11H13N5O. The highest BCUT2D eigenvalue weighted by atomic mass is 16.1. The van der Waals surface area contributed by atoms with Crippen LogP contribution in [0.3, 0.4) is 0 Å². The first-order chi connectivity index (χ1) is 8.08. The van der Waals surface area contributed by atoms with Crippen LogP contribution in [-0.2, 0) is 6.54 Å². The number of nitrogens with two attached hydrogens (primary N) is 2. The normalized spacial score (nSPS) is 10.4. The van der Waals surface area contributed by atoms with E-state index in [2.05, 4.69) is 10.3 Å². The van der Waals surface area contributed by atoms with Crippen LogP contribution in [0.15, 0.2) is 24.3 Å². The Bertz CT molecular complexity index is 561. The molecule has 0 aliphatic rings. The number of hydrogen-bond donors (Lipinski definition) is 2. The lowest BCUT2D eigenvalue weighted by molar-refractivity contribution is 0.101. The summed E-state index contributed by atoms with van der Waals surface area (Å²) in [7, 11) is 0. The van der Waals surface area contributed by atoms with E-state index in [0.29, 0.717) is 12.2 Å². The number of aromatic nitrogens is 3. The van der Waals surface area contributed by atoms with Crippen LogP contribution >= 0.6 is 0 Å². The molecule has 0 amide bonds. The Morgan fingerprint density at radius 2 is 2.18 bits per heavy atom. The standard InChI is InChI=1S/C11H13N5O/c1-7(17)10-11(13)16(15-14-10)6-8-3-2-4-9(12)5-8/h2-5H,6,12-13H2,1H3. The van der Waals surface area contributed by atoms with Crippen LogP contribution in [0.4, 0.5) is 11.5 Å². The number of Topliss-reactive ketones (excluding diaryl/α,β-unsaturated/α-hetero) is 1. The van der Waals surface area contributed by atoms with Gasteiger partial charge in [-0.3, -0.25) is 4.79 Å². The number of nitrogens with zero attached hydrogens (tertiary/aromatic N) is 3. The Balaban J connectivity index is 2.28. The van der Waals surface area contributed by atoms with Crippen LogP contribution in [0.25, 0.3) is 0 Å². The Morgan fingerprint density at radius 3 is 2.76 bits per heavy atom. The summed E-state index contributed by atoms with van der Waals surface area (Å²) < 4.78 is 1.48. The van der Waals surface area contributed by atoms with E-state index in [0.717, 1.165) is 5.56 Å². The molecule has 6 nitrogen and oxygen atoms in total. The van der Waals surface area contributed by atoms with Gasteiger partial charge in [-0.2, -0.15) is 0 Å². The largest absolute Gasteiger partial charge is 0.399 e. The molecule has 0 saturated heterocycles. The number of hydrogen-bond acceptors (Lipinski definition) is 5. The lowest BCUT2D eigenvalue weighted by Crippen LogP contribution is -2.08. The van der Waals surface area contributed by atoms with Gasteiger partial charge < -0.3 is 11.5 Å². The molecule has 0 unspecified atom stereocenters. The maximum atomic E-state index is 11.2. The van der Waals surface area contributed by atoms with Gasteiger partial charge in [0.05, 0.1) is 6.54 Å². The highest BCUT2D eigenvalue weighted by Gasteiger charge is 2.13. The molecule has 6 heteroatoms. The van der Waals surface area contributed by atoms with Crippen LogP contribution < -0.4 is 11.5 Å². The predicted octanol–water partition coefficient (Wildman–Crippen LogP) is 0.693. The second-order valence-electron chi connectivity index (χ2n) is 3.78. The van der Waals surface area contributed by atoms with E-state index in [1.807, 2.05) is 18.2 Å². The highest BCUT2D eigenvalue weighted by Crippen LogP contribution is 2.13. The monoisotopic (exact) mass is 231 g/mol. The molecule has 17 heavy (non-hydrogen) atoms. The molecule has 4 N–H and O–H groups in total. The smallest absolute Gasteiger partial charge is 0.183 e. The van der Waals surface area contributed by atoms with E-state index in [1.54, 1.807) is 6.07 Å². The van der Waals surface area contributed by atoms with E-state index in [-0.39, 0.29) is 17.3 Å². The van der Waals surface area contributed by atoms with E-state index in [9.17, 15) is 4.79 Å². The van der Waals surface area contributed by atoms with Crippen molar-refractivity contribution in [1.29, 1.82) is 0 Å². The molecule has 0 radical (unpaired) electrons. The van der Waals surface area contributed by atoms with Gasteiger partial charge in [-0.15, -0.1) is 5.10 Å². The van der Waals surface area contributed by atoms with Crippen molar-refractivity contribution in [2.75, 3.05) is 11.5 Å². The van der Waals surface area contributed by atoms with Gasteiger partial charge in [0.2, 0.25) is 0 Å². The zero-order chi connectivity index (χ0) is 12.4. The molecule has 2 rings (SSSR count). The van der Waals surface area contributed by atoms with Crippen LogP contribution in [0.2, 0.25) is 0 Å². The summed E-state index contributed by atoms with van der Waals surface area (Å²) in [6.45, 7) is 1.85. The van der Waals surface area contributed by atoms with E-state index >= 15 is 0 Å². The number of ketones is 1. The van der Waals surface area contributed by atoms with E-state index in [1.165, 1.54) is 11.6 Å². The third-order valence-corrected chi connectivity index (χ3v) is 2.39. The SMILES string of the molecule is CC(=O)c1nnn(Cc2cccc(N)c2)c1N. The molecule has 0 saturated carbocycles. The molecule has 0 fully saturated rings. The van der Waals surface area contributed by atoms with Crippen molar-refractivity contribution in [3.8, 4) is 0 Å². The predicted molar refractivity (Wildman–Crippen MR) is 64.4 cm³/mol. The van der Waals surface area contributed by atoms with Crippen molar-refractivity contribution in [3.05, 3.63) is 35.5 Å². The minimum absolute atomic E-state index is 0.193. The van der Waals surface area contributed by atoms with Gasteiger partial charge in [0, 0.05) is 12.6 Å². The summed E-state index contributed by atoms with van der Waals surface area (Å²) >= 11 is 0. The molecule has 88 valence electrons. The molecule has 0 aliphatic heterocycles. The van der Waals surface area contributed by atoms with Crippen molar-refractivity contribution in [2.24, 2.45) is 0 Å². The van der Waals surface area contributed by atoms with Gasteiger partial charge in [-0.05, 0) is 17.7 Å². The third kappa shape index (κ3) is 2.25. The Hall–Kier alpha value is -2.37. The minimum atomic E-state index is -0.193. The zero-order valence-electron chi connectivity index (χ0n) is 9.42. The lowest BCUT2D eigenvalue weighted by Gasteiger charge is -2.04. The number of anilines is 2. The van der Waals surface area contributed by atoms with Crippen molar-refractivity contribution in [1.82, 2.24) is 15.0 Å². The first-order valence-corrected chi connectivity index (χ1v) is 5.12. The quantitative estimate of drug-likeness (QED) is 0.598. The van der Waals surface area contributed by atoms with Crippen LogP contribution in [-0.4, -0.2) is 20.8 Å². The van der Waals surface area contributed by atoms with E-state index < -0.39 is 0 Å². The zero-order valence-corrected chi connectivity index (χ0v) is 9.42. The second-order valence-corrected chi connectivity index (χ2v) is 3.78. The maximum Gasteiger partial charge on any atom is 0.183 e. The fourth-order valence-electron chi connectivity index (χ4n) is 1.55. The fourth-order valence-corrected chi connectivity index (χ4v) is 1.55. The molecule has 0 aliphatic carbocycles. The van der Waals surface area contributed by atoms with Gasteiger partial charge in [0.15, 0.2) is 17.3 Å². The van der Waals surface area contributed by atoms with E-state index in [4.69, 9.17) is 11.5 Å². The first kappa shape index (κ1) is 11.1. The Labute approximate surface area is 98.2 Å². The average molecular weight is 231 g/mol. The van der Waals surface area contributed by atoms with Gasteiger partial charge in [0.1, 0.15) is 0 Å². The Kier molecular flexibility index (Phi) is 2.78. The lowest BCUT2D eigenvalue weighted by atomic mass is 10.2. The average Bonchev–Trinajstić information content (AvgIpc) is 2.61. The minimum Gasteiger partial charge on any atom is -0.399 e. The summed E-state index contributed by atoms with van der Waals surface area (Å²) in [6.07, 6.45) is 0. The Morgan fingerprint density at radius 1 is 1.41 bits per heavy atom. The summed E-state index contributed by atoms with van der Waals surface area (Å²) in [5.41, 5.74) is 13.3. The van der Waals surface area contributed by atoms with Crippen LogP contribution in [0.1, 0.15) is 23.0 Å². The summed E-state index contributed by atoms with van der Waals surface area (Å²) in [5, 5.41) is 7.58. The molecule has 0 atom stereocenters. The fraction of sp³-hybridized carbons (Fsp3) is 0.182. The number of carbonyl (C=O) groups excluding carboxylic acids is 1. The molecule has 0 spiro atoms. The first-order valence-electron chi connectivity index (χ1n) is 5.12. The van der Waals surface area contributed by atoms with Crippen molar-refractivity contribution in [3.63, 3.8) is 0 Å². The molecule has 1 aromatic carbocycles. The van der Waals surface area contributed by atoms with Gasteiger partial charge in [0.25, 0.3) is 0 Å². The maximum absolute atomic E-state index is 11.2. The molecule has 1 heterocycles. The summed E-state index contributed by atoms with van der Waals surface area (Å²) in [6, 6.07) is 7.39. The van der Waals surface area contributed by atoms with Gasteiger partial charge in [-0.25, -0.2) is 4.68 Å². The van der Waals surface area contributed by atoms with Crippen molar-refractivity contribution >= 4 is 17.3 Å². The molecule has 1 aromatic heterocycles. The van der Waals surface area contributed by atoms with Crippen molar-refractivity contribution < 1.29 is 4.79 Å². The third-order valence-electron chi connectivity index (χ3n) is 2.39. The molecule has 2 aromatic rings. The number of nitrogen functional groups attached to an aromatic ring is 2. The summed E-state index contributed by atoms with van der Waals surface area (Å²) in [4.78, 5) is 11.2. The number of rotatable bonds is 3. The number of benzene rings is 1. The van der Waals surface area contributed by atoms with Crippen molar-refractivity contribution in [2.45, 2.75) is 13.5 Å². The van der Waals surface area contributed by atoms with Crippen LogP contribution in [0.5, 0.6) is 0 Å². The molecule has 0 bridgehead atoms.